The molecule has 1 aromatic heterocycles. The average Bonchev–Trinajstić information content (AvgIpc) is 2.42. The normalized spacial score (nSPS) is 10.4. The summed E-state index contributed by atoms with van der Waals surface area (Å²) in [6.07, 6.45) is 1.19. The number of aromatic carboxylic acids is 1. The third-order valence-corrected chi connectivity index (χ3v) is 3.45. The molecule has 0 radical (unpaired) electrons. The summed E-state index contributed by atoms with van der Waals surface area (Å²) >= 11 is 0.617. The van der Waals surface area contributed by atoms with E-state index in [1.54, 1.807) is 0 Å². The van der Waals surface area contributed by atoms with Gasteiger partial charge >= 0.3 is 5.97 Å². The first kappa shape index (κ1) is 14.9. The highest BCUT2D eigenvalue weighted by Crippen LogP contribution is 2.34. The predicted molar refractivity (Wildman–Crippen MR) is 68.3 cm³/mol. The Labute approximate surface area is 120 Å². The fourth-order valence-electron chi connectivity index (χ4n) is 1.46. The van der Waals surface area contributed by atoms with Gasteiger partial charge in [0.15, 0.2) is 0 Å². The zero-order chi connectivity index (χ0) is 15.6. The van der Waals surface area contributed by atoms with Crippen LogP contribution in [0.15, 0.2) is 40.3 Å². The lowest BCUT2D eigenvalue weighted by Gasteiger charge is -2.05. The van der Waals surface area contributed by atoms with Crippen molar-refractivity contribution in [1.82, 2.24) is 4.98 Å². The molecular formula is C12H6F2N2O4S. The van der Waals surface area contributed by atoms with Gasteiger partial charge in [0.05, 0.1) is 22.0 Å². The van der Waals surface area contributed by atoms with Crippen LogP contribution in [-0.2, 0) is 0 Å². The van der Waals surface area contributed by atoms with Crippen molar-refractivity contribution in [2.75, 3.05) is 0 Å². The number of benzene rings is 1. The summed E-state index contributed by atoms with van der Waals surface area (Å²) in [5, 5.41) is 19.3. The summed E-state index contributed by atoms with van der Waals surface area (Å²) in [4.78, 5) is 23.7. The highest BCUT2D eigenvalue weighted by molar-refractivity contribution is 7.99. The first-order valence-corrected chi connectivity index (χ1v) is 6.21. The largest absolute Gasteiger partial charge is 0.477 e. The Balaban J connectivity index is 2.38. The van der Waals surface area contributed by atoms with E-state index in [9.17, 15) is 23.7 Å². The van der Waals surface area contributed by atoms with Crippen LogP contribution < -0.4 is 0 Å². The first-order chi connectivity index (χ1) is 9.88. The molecule has 0 aliphatic rings. The van der Waals surface area contributed by atoms with Gasteiger partial charge in [-0.25, -0.2) is 18.6 Å². The summed E-state index contributed by atoms with van der Waals surface area (Å²) in [6.45, 7) is 0. The van der Waals surface area contributed by atoms with Crippen molar-refractivity contribution in [2.45, 2.75) is 9.79 Å². The maximum absolute atomic E-state index is 13.7. The number of pyridine rings is 1. The van der Waals surface area contributed by atoms with Crippen molar-refractivity contribution in [2.24, 2.45) is 0 Å². The number of nitro groups is 1. The second kappa shape index (κ2) is 5.83. The van der Waals surface area contributed by atoms with Crippen LogP contribution in [0.2, 0.25) is 0 Å². The summed E-state index contributed by atoms with van der Waals surface area (Å²) in [7, 11) is 0. The maximum atomic E-state index is 13.7. The van der Waals surface area contributed by atoms with E-state index in [1.807, 2.05) is 0 Å². The molecule has 6 nitrogen and oxygen atoms in total. The number of hydrogen-bond acceptors (Lipinski definition) is 5. The molecule has 0 fully saturated rings. The molecule has 9 heteroatoms. The van der Waals surface area contributed by atoms with E-state index in [4.69, 9.17) is 5.11 Å². The topological polar surface area (TPSA) is 93.3 Å². The number of aromatic nitrogens is 1. The number of non-ortho nitro benzene ring substituents is 1. The highest BCUT2D eigenvalue weighted by atomic mass is 32.2. The van der Waals surface area contributed by atoms with E-state index in [0.29, 0.717) is 23.9 Å². The minimum Gasteiger partial charge on any atom is -0.477 e. The molecule has 0 atom stereocenters. The smallest absolute Gasteiger partial charge is 0.354 e. The van der Waals surface area contributed by atoms with E-state index >= 15 is 0 Å². The number of rotatable bonds is 4. The second-order valence-electron chi connectivity index (χ2n) is 3.78. The van der Waals surface area contributed by atoms with Gasteiger partial charge in [-0.2, -0.15) is 0 Å². The Morgan fingerprint density at radius 2 is 1.90 bits per heavy atom. The highest BCUT2D eigenvalue weighted by Gasteiger charge is 2.18. The van der Waals surface area contributed by atoms with Crippen LogP contribution in [0.1, 0.15) is 10.5 Å². The van der Waals surface area contributed by atoms with Gasteiger partial charge in [-0.05, 0) is 12.1 Å². The molecule has 0 spiro atoms. The Bertz CT molecular complexity index is 716. The van der Waals surface area contributed by atoms with Crippen LogP contribution in [-0.4, -0.2) is 21.0 Å². The summed E-state index contributed by atoms with van der Waals surface area (Å²) in [5.74, 6) is -3.47. The fraction of sp³-hybridized carbons (Fsp3) is 0. The molecule has 0 aliphatic carbocycles. The third kappa shape index (κ3) is 3.31. The Kier molecular flexibility index (Phi) is 4.13. The minimum atomic E-state index is -1.28. The van der Waals surface area contributed by atoms with E-state index in [2.05, 4.69) is 4.98 Å². The van der Waals surface area contributed by atoms with Crippen molar-refractivity contribution in [1.29, 1.82) is 0 Å². The Morgan fingerprint density at radius 1 is 1.29 bits per heavy atom. The van der Waals surface area contributed by atoms with Crippen LogP contribution in [0.3, 0.4) is 0 Å². The van der Waals surface area contributed by atoms with Crippen LogP contribution >= 0.6 is 11.8 Å². The Hall–Kier alpha value is -2.55. The van der Waals surface area contributed by atoms with Gasteiger partial charge in [0.1, 0.15) is 17.3 Å². The average molecular weight is 312 g/mol. The van der Waals surface area contributed by atoms with Crippen molar-refractivity contribution >= 4 is 23.4 Å². The molecule has 0 bridgehead atoms. The molecule has 2 aromatic rings. The lowest BCUT2D eigenvalue weighted by molar-refractivity contribution is -0.385. The monoisotopic (exact) mass is 312 g/mol. The van der Waals surface area contributed by atoms with E-state index < -0.39 is 33.1 Å². The van der Waals surface area contributed by atoms with E-state index in [-0.39, 0.29) is 10.6 Å². The number of carbonyl (C=O) groups is 1. The lowest BCUT2D eigenvalue weighted by Crippen LogP contribution is -1.99. The van der Waals surface area contributed by atoms with Gasteiger partial charge < -0.3 is 5.11 Å². The summed E-state index contributed by atoms with van der Waals surface area (Å²) in [6, 6.07) is 3.72. The van der Waals surface area contributed by atoms with Crippen LogP contribution in [0, 0.1) is 21.7 Å². The standard InChI is InChI=1S/C12H6F2N2O4S/c13-8-3-6(16(19)20)4-9(14)11(8)21-7-1-2-15-10(5-7)12(17)18/h1-5H,(H,17,18). The predicted octanol–water partition coefficient (Wildman–Crippen LogP) is 3.12. The van der Waals surface area contributed by atoms with Gasteiger partial charge in [-0.3, -0.25) is 10.1 Å². The quantitative estimate of drug-likeness (QED) is 0.688. The third-order valence-electron chi connectivity index (χ3n) is 2.36. The number of carboxylic acid groups (broad SMARTS) is 1. The van der Waals surface area contributed by atoms with Crippen molar-refractivity contribution in [3.63, 3.8) is 0 Å². The lowest BCUT2D eigenvalue weighted by atomic mass is 10.3. The molecule has 0 amide bonds. The maximum Gasteiger partial charge on any atom is 0.354 e. The number of carboxylic acids is 1. The number of nitro benzene ring substituents is 1. The van der Waals surface area contributed by atoms with E-state index in [0.717, 1.165) is 6.07 Å². The molecule has 108 valence electrons. The fourth-order valence-corrected chi connectivity index (χ4v) is 2.31. The van der Waals surface area contributed by atoms with Crippen LogP contribution in [0.4, 0.5) is 14.5 Å². The van der Waals surface area contributed by atoms with Gasteiger partial charge in [0.25, 0.3) is 5.69 Å². The molecule has 0 unspecified atom stereocenters. The van der Waals surface area contributed by atoms with E-state index in [1.165, 1.54) is 12.3 Å². The molecule has 1 N–H and O–H groups in total. The number of nitrogens with zero attached hydrogens (tertiary/aromatic N) is 2. The van der Waals surface area contributed by atoms with Gasteiger partial charge in [0.2, 0.25) is 0 Å². The van der Waals surface area contributed by atoms with Gasteiger partial charge in [-0.15, -0.1) is 0 Å². The van der Waals surface area contributed by atoms with Gasteiger partial charge in [0, 0.05) is 11.1 Å². The van der Waals surface area contributed by atoms with Crippen molar-refractivity contribution < 1.29 is 23.6 Å². The molecular weight excluding hydrogens is 306 g/mol. The zero-order valence-corrected chi connectivity index (χ0v) is 10.9. The number of hydrogen-bond donors (Lipinski definition) is 1. The zero-order valence-electron chi connectivity index (χ0n) is 10.1. The number of halogens is 2. The van der Waals surface area contributed by atoms with Crippen molar-refractivity contribution in [3.8, 4) is 0 Å². The van der Waals surface area contributed by atoms with Crippen molar-refractivity contribution in [3.05, 3.63) is 57.9 Å². The SMILES string of the molecule is O=C(O)c1cc(Sc2c(F)cc([N+](=O)[O-])cc2F)ccn1. The molecule has 2 rings (SSSR count). The summed E-state index contributed by atoms with van der Waals surface area (Å²) in [5.41, 5.74) is -0.974. The molecule has 0 saturated heterocycles. The van der Waals surface area contributed by atoms with Crippen LogP contribution in [0.5, 0.6) is 0 Å². The second-order valence-corrected chi connectivity index (χ2v) is 4.86. The minimum absolute atomic E-state index is 0.244. The Morgan fingerprint density at radius 3 is 2.43 bits per heavy atom. The molecule has 1 aromatic carbocycles. The first-order valence-electron chi connectivity index (χ1n) is 5.39. The molecule has 21 heavy (non-hydrogen) atoms. The summed E-state index contributed by atoms with van der Waals surface area (Å²) < 4.78 is 27.4. The molecule has 0 aliphatic heterocycles. The van der Waals surface area contributed by atoms with Crippen LogP contribution in [0.25, 0.3) is 0 Å². The molecule has 1 heterocycles. The van der Waals surface area contributed by atoms with Gasteiger partial charge in [-0.1, -0.05) is 11.8 Å². The molecule has 0 saturated carbocycles.